The van der Waals surface area contributed by atoms with Gasteiger partial charge in [-0.05, 0) is 50.1 Å². The average Bonchev–Trinajstić information content (AvgIpc) is 3.25. The number of carbonyl (C=O) groups excluding carboxylic acids is 1. The van der Waals surface area contributed by atoms with Gasteiger partial charge >= 0.3 is 0 Å². The van der Waals surface area contributed by atoms with E-state index in [1.807, 2.05) is 44.2 Å². The van der Waals surface area contributed by atoms with Crippen molar-refractivity contribution >= 4 is 11.7 Å². The lowest BCUT2D eigenvalue weighted by Gasteiger charge is -2.17. The van der Waals surface area contributed by atoms with Crippen LogP contribution in [0.25, 0.3) is 0 Å². The predicted octanol–water partition coefficient (Wildman–Crippen LogP) is 3.55. The summed E-state index contributed by atoms with van der Waals surface area (Å²) in [5.74, 6) is 1.84. The van der Waals surface area contributed by atoms with Crippen LogP contribution in [-0.4, -0.2) is 21.8 Å². The number of nitrogens with one attached hydrogen (secondary N) is 1. The second-order valence-electron chi connectivity index (χ2n) is 5.90. The highest BCUT2D eigenvalue weighted by Gasteiger charge is 2.18. The van der Waals surface area contributed by atoms with E-state index in [1.165, 1.54) is 0 Å². The van der Waals surface area contributed by atoms with Crippen molar-refractivity contribution in [3.63, 3.8) is 0 Å². The number of hydrogen-bond donors (Lipinski definition) is 1. The zero-order valence-electron chi connectivity index (χ0n) is 14.5. The van der Waals surface area contributed by atoms with E-state index in [4.69, 9.17) is 9.15 Å². The van der Waals surface area contributed by atoms with Crippen LogP contribution in [0.2, 0.25) is 0 Å². The van der Waals surface area contributed by atoms with Crippen molar-refractivity contribution in [2.75, 3.05) is 5.32 Å². The van der Waals surface area contributed by atoms with Crippen LogP contribution < -0.4 is 10.1 Å². The van der Waals surface area contributed by atoms with E-state index < -0.39 is 6.10 Å². The number of furan rings is 1. The van der Waals surface area contributed by atoms with E-state index in [9.17, 15) is 4.79 Å². The lowest BCUT2D eigenvalue weighted by molar-refractivity contribution is -0.122. The van der Waals surface area contributed by atoms with E-state index in [0.717, 1.165) is 16.9 Å². The van der Waals surface area contributed by atoms with Crippen LogP contribution in [0.15, 0.2) is 53.3 Å². The molecule has 0 fully saturated rings. The number of anilines is 1. The molecule has 0 aliphatic heterocycles. The molecule has 6 nitrogen and oxygen atoms in total. The highest BCUT2D eigenvalue weighted by molar-refractivity contribution is 5.93. The molecule has 2 aromatic heterocycles. The number of ether oxygens (including phenoxy) is 1. The Balaban J connectivity index is 1.66. The van der Waals surface area contributed by atoms with Crippen molar-refractivity contribution in [1.82, 2.24) is 9.78 Å². The smallest absolute Gasteiger partial charge is 0.266 e. The zero-order valence-corrected chi connectivity index (χ0v) is 14.5. The number of hydrogen-bond acceptors (Lipinski definition) is 4. The Kier molecular flexibility index (Phi) is 4.88. The van der Waals surface area contributed by atoms with Gasteiger partial charge in [0.05, 0.1) is 12.5 Å². The highest BCUT2D eigenvalue weighted by atomic mass is 16.5. The summed E-state index contributed by atoms with van der Waals surface area (Å²) >= 11 is 0. The number of carbonyl (C=O) groups is 1. The molecule has 2 heterocycles. The molecule has 3 aromatic rings. The maximum atomic E-state index is 12.5. The molecule has 0 bridgehead atoms. The molecule has 0 radical (unpaired) electrons. The molecule has 3 rings (SSSR count). The van der Waals surface area contributed by atoms with E-state index in [1.54, 1.807) is 30.1 Å². The van der Waals surface area contributed by atoms with Gasteiger partial charge in [-0.25, -0.2) is 4.68 Å². The summed E-state index contributed by atoms with van der Waals surface area (Å²) in [7, 11) is 0. The molecule has 0 saturated heterocycles. The topological polar surface area (TPSA) is 69.3 Å². The predicted molar refractivity (Wildman–Crippen MR) is 94.7 cm³/mol. The van der Waals surface area contributed by atoms with E-state index >= 15 is 0 Å². The normalized spacial score (nSPS) is 12.0. The molecule has 1 aromatic carbocycles. The fraction of sp³-hybridized carbons (Fsp3) is 0.263. The second kappa shape index (κ2) is 7.25. The number of benzene rings is 1. The van der Waals surface area contributed by atoms with Crippen molar-refractivity contribution in [1.29, 1.82) is 0 Å². The Morgan fingerprint density at radius 3 is 2.88 bits per heavy atom. The summed E-state index contributed by atoms with van der Waals surface area (Å²) in [6.07, 6.45) is 2.61. The van der Waals surface area contributed by atoms with Crippen LogP contribution in [0.5, 0.6) is 5.75 Å². The number of amides is 1. The van der Waals surface area contributed by atoms with Gasteiger partial charge in [0.1, 0.15) is 23.9 Å². The molecular weight excluding hydrogens is 318 g/mol. The Labute approximate surface area is 146 Å². The van der Waals surface area contributed by atoms with Crippen LogP contribution in [-0.2, 0) is 11.3 Å². The minimum atomic E-state index is -0.632. The van der Waals surface area contributed by atoms with Crippen LogP contribution in [0, 0.1) is 13.8 Å². The lowest BCUT2D eigenvalue weighted by atomic mass is 10.1. The molecule has 0 aliphatic rings. The quantitative estimate of drug-likeness (QED) is 0.746. The molecule has 0 spiro atoms. The zero-order chi connectivity index (χ0) is 17.8. The molecule has 1 amide bonds. The van der Waals surface area contributed by atoms with Crippen LogP contribution in [0.1, 0.15) is 23.8 Å². The fourth-order valence-electron chi connectivity index (χ4n) is 2.44. The summed E-state index contributed by atoms with van der Waals surface area (Å²) in [5, 5.41) is 7.07. The SMILES string of the molecule is Cc1cccc(O[C@H](C)C(=O)Nc2ccnn2Cc2ccco2)c1C. The molecule has 1 atom stereocenters. The van der Waals surface area contributed by atoms with Crippen molar-refractivity contribution in [3.05, 3.63) is 65.7 Å². The summed E-state index contributed by atoms with van der Waals surface area (Å²) in [6.45, 7) is 6.17. The Morgan fingerprint density at radius 1 is 1.28 bits per heavy atom. The highest BCUT2D eigenvalue weighted by Crippen LogP contribution is 2.22. The van der Waals surface area contributed by atoms with E-state index in [0.29, 0.717) is 18.1 Å². The first-order valence-corrected chi connectivity index (χ1v) is 8.12. The van der Waals surface area contributed by atoms with Crippen LogP contribution >= 0.6 is 0 Å². The molecule has 130 valence electrons. The van der Waals surface area contributed by atoms with Gasteiger partial charge < -0.3 is 14.5 Å². The van der Waals surface area contributed by atoms with E-state index in [-0.39, 0.29) is 5.91 Å². The van der Waals surface area contributed by atoms with Gasteiger partial charge in [-0.1, -0.05) is 12.1 Å². The van der Waals surface area contributed by atoms with Gasteiger partial charge in [-0.3, -0.25) is 4.79 Å². The van der Waals surface area contributed by atoms with Crippen molar-refractivity contribution in [2.24, 2.45) is 0 Å². The molecule has 0 saturated carbocycles. The third kappa shape index (κ3) is 3.91. The van der Waals surface area contributed by atoms with Crippen molar-refractivity contribution < 1.29 is 13.9 Å². The largest absolute Gasteiger partial charge is 0.481 e. The summed E-state index contributed by atoms with van der Waals surface area (Å²) < 4.78 is 12.8. The average molecular weight is 339 g/mol. The minimum Gasteiger partial charge on any atom is -0.481 e. The van der Waals surface area contributed by atoms with Crippen LogP contribution in [0.3, 0.4) is 0 Å². The fourth-order valence-corrected chi connectivity index (χ4v) is 2.44. The Morgan fingerprint density at radius 2 is 2.12 bits per heavy atom. The van der Waals surface area contributed by atoms with Gasteiger partial charge in [0.25, 0.3) is 5.91 Å². The first-order chi connectivity index (χ1) is 12.0. The first kappa shape index (κ1) is 16.8. The number of rotatable bonds is 6. The molecule has 1 N–H and O–H groups in total. The minimum absolute atomic E-state index is 0.234. The second-order valence-corrected chi connectivity index (χ2v) is 5.90. The van der Waals surface area contributed by atoms with Crippen molar-refractivity contribution in [2.45, 2.75) is 33.4 Å². The van der Waals surface area contributed by atoms with Gasteiger partial charge in [0.2, 0.25) is 0 Å². The maximum Gasteiger partial charge on any atom is 0.266 e. The van der Waals surface area contributed by atoms with Gasteiger partial charge in [-0.15, -0.1) is 0 Å². The summed E-state index contributed by atoms with van der Waals surface area (Å²) in [6, 6.07) is 11.2. The maximum absolute atomic E-state index is 12.5. The summed E-state index contributed by atoms with van der Waals surface area (Å²) in [5.41, 5.74) is 2.16. The molecule has 0 aliphatic carbocycles. The number of aromatic nitrogens is 2. The van der Waals surface area contributed by atoms with Gasteiger partial charge in [0.15, 0.2) is 6.10 Å². The van der Waals surface area contributed by atoms with Gasteiger partial charge in [0, 0.05) is 6.07 Å². The van der Waals surface area contributed by atoms with Crippen molar-refractivity contribution in [3.8, 4) is 5.75 Å². The monoisotopic (exact) mass is 339 g/mol. The van der Waals surface area contributed by atoms with Crippen LogP contribution in [0.4, 0.5) is 5.82 Å². The third-order valence-corrected chi connectivity index (χ3v) is 4.08. The molecule has 0 unspecified atom stereocenters. The molecule has 6 heteroatoms. The summed E-state index contributed by atoms with van der Waals surface area (Å²) in [4.78, 5) is 12.5. The molecular formula is C19H21N3O3. The Bertz CT molecular complexity index is 853. The molecule has 25 heavy (non-hydrogen) atoms. The Hall–Kier alpha value is -3.02. The first-order valence-electron chi connectivity index (χ1n) is 8.12. The standard InChI is InChI=1S/C19H21N3O3/c1-13-6-4-8-17(14(13)2)25-15(3)19(23)21-18-9-10-20-22(18)12-16-7-5-11-24-16/h4-11,15H,12H2,1-3H3,(H,21,23)/t15-/m1/s1. The number of aryl methyl sites for hydroxylation is 1. The lowest BCUT2D eigenvalue weighted by Crippen LogP contribution is -2.31. The van der Waals surface area contributed by atoms with E-state index in [2.05, 4.69) is 10.4 Å². The third-order valence-electron chi connectivity index (χ3n) is 4.08. The van der Waals surface area contributed by atoms with Gasteiger partial charge in [-0.2, -0.15) is 5.10 Å². The number of nitrogens with zero attached hydrogens (tertiary/aromatic N) is 2.